The van der Waals surface area contributed by atoms with Crippen LogP contribution in [0.2, 0.25) is 0 Å². The highest BCUT2D eigenvalue weighted by Gasteiger charge is 2.58. The Kier molecular flexibility index (Phi) is 8.77. The summed E-state index contributed by atoms with van der Waals surface area (Å²) in [6, 6.07) is 10.2. The van der Waals surface area contributed by atoms with Crippen LogP contribution in [0.3, 0.4) is 0 Å². The predicted molar refractivity (Wildman–Crippen MR) is 141 cm³/mol. The quantitative estimate of drug-likeness (QED) is 0.378. The number of rotatable bonds is 7. The summed E-state index contributed by atoms with van der Waals surface area (Å²) in [5, 5.41) is 13.9. The van der Waals surface area contributed by atoms with E-state index < -0.39 is 53.4 Å². The molecule has 0 bridgehead atoms. The highest BCUT2D eigenvalue weighted by molar-refractivity contribution is 5.87. The van der Waals surface area contributed by atoms with Crippen molar-refractivity contribution in [2.45, 2.75) is 83.9 Å². The predicted octanol–water partition coefficient (Wildman–Crippen LogP) is 6.46. The van der Waals surface area contributed by atoms with Crippen LogP contribution < -0.4 is 10.1 Å². The molecule has 0 aromatic heterocycles. The number of hydrogen-bond donors (Lipinski definition) is 2. The Morgan fingerprint density at radius 2 is 1.68 bits per heavy atom. The van der Waals surface area contributed by atoms with E-state index in [9.17, 15) is 32.3 Å². The molecule has 1 saturated carbocycles. The minimum Gasteiger partial charge on any atom is -0.480 e. The van der Waals surface area contributed by atoms with Crippen molar-refractivity contribution in [3.05, 3.63) is 65.5 Å². The SMILES string of the molecule is CC(C)(C)[C@H]1[C@H](NCc2ccc(OC(F)(F)F)c(F)c2)[C@H](c2ccccc2)N(C(=O)C2CCCCC2)[C@@H]1C(=O)O. The lowest BCUT2D eigenvalue weighted by Crippen LogP contribution is -2.49. The van der Waals surface area contributed by atoms with Crippen LogP contribution in [0, 0.1) is 23.1 Å². The second kappa shape index (κ2) is 11.8. The first-order valence-corrected chi connectivity index (χ1v) is 13.7. The lowest BCUT2D eigenvalue weighted by Gasteiger charge is -2.36. The maximum absolute atomic E-state index is 14.4. The van der Waals surface area contributed by atoms with Crippen LogP contribution in [-0.2, 0) is 16.1 Å². The number of benzene rings is 2. The summed E-state index contributed by atoms with van der Waals surface area (Å²) >= 11 is 0. The van der Waals surface area contributed by atoms with Crippen molar-refractivity contribution in [3.63, 3.8) is 0 Å². The topological polar surface area (TPSA) is 78.9 Å². The van der Waals surface area contributed by atoms with Gasteiger partial charge in [-0.25, -0.2) is 9.18 Å². The molecule has 0 spiro atoms. The molecule has 1 heterocycles. The van der Waals surface area contributed by atoms with Gasteiger partial charge in [0.2, 0.25) is 5.91 Å². The van der Waals surface area contributed by atoms with E-state index in [1.165, 1.54) is 6.07 Å². The third-order valence-electron chi connectivity index (χ3n) is 8.03. The molecule has 1 aliphatic heterocycles. The van der Waals surface area contributed by atoms with Crippen LogP contribution >= 0.6 is 0 Å². The molecule has 2 N–H and O–H groups in total. The molecule has 0 unspecified atom stereocenters. The van der Waals surface area contributed by atoms with E-state index >= 15 is 0 Å². The third kappa shape index (κ3) is 6.59. The second-order valence-electron chi connectivity index (χ2n) is 11.8. The molecule has 40 heavy (non-hydrogen) atoms. The number of alkyl halides is 3. The van der Waals surface area contributed by atoms with Crippen LogP contribution in [0.15, 0.2) is 48.5 Å². The molecule has 2 fully saturated rings. The van der Waals surface area contributed by atoms with E-state index in [2.05, 4.69) is 10.1 Å². The lowest BCUT2D eigenvalue weighted by molar-refractivity contribution is -0.275. The number of carbonyl (C=O) groups is 2. The smallest absolute Gasteiger partial charge is 0.480 e. The zero-order valence-corrected chi connectivity index (χ0v) is 22.9. The number of halogens is 4. The molecule has 2 aliphatic rings. The van der Waals surface area contributed by atoms with E-state index in [0.29, 0.717) is 18.4 Å². The summed E-state index contributed by atoms with van der Waals surface area (Å²) in [6.07, 6.45) is -0.704. The van der Waals surface area contributed by atoms with E-state index in [1.807, 2.05) is 51.1 Å². The molecule has 2 aromatic rings. The number of ether oxygens (including phenoxy) is 1. The monoisotopic (exact) mass is 564 g/mol. The first-order chi connectivity index (χ1) is 18.8. The lowest BCUT2D eigenvalue weighted by atomic mass is 9.72. The molecule has 4 atom stereocenters. The fourth-order valence-corrected chi connectivity index (χ4v) is 6.39. The van der Waals surface area contributed by atoms with Gasteiger partial charge in [0.05, 0.1) is 6.04 Å². The summed E-state index contributed by atoms with van der Waals surface area (Å²) in [4.78, 5) is 28.5. The Balaban J connectivity index is 1.73. The van der Waals surface area contributed by atoms with Gasteiger partial charge in [-0.2, -0.15) is 0 Å². The Bertz CT molecular complexity index is 1190. The van der Waals surface area contributed by atoms with E-state index in [4.69, 9.17) is 0 Å². The molecule has 6 nitrogen and oxygen atoms in total. The maximum atomic E-state index is 14.4. The molecule has 2 aromatic carbocycles. The van der Waals surface area contributed by atoms with Gasteiger partial charge < -0.3 is 20.1 Å². The third-order valence-corrected chi connectivity index (χ3v) is 8.03. The fourth-order valence-electron chi connectivity index (χ4n) is 6.39. The van der Waals surface area contributed by atoms with Gasteiger partial charge in [-0.05, 0) is 41.5 Å². The van der Waals surface area contributed by atoms with E-state index in [-0.39, 0.29) is 18.4 Å². The largest absolute Gasteiger partial charge is 0.573 e. The number of carboxylic acid groups (broad SMARTS) is 1. The zero-order chi connectivity index (χ0) is 29.2. The van der Waals surface area contributed by atoms with Gasteiger partial charge in [0.25, 0.3) is 0 Å². The molecular formula is C30H36F4N2O4. The first-order valence-electron chi connectivity index (χ1n) is 13.7. The summed E-state index contributed by atoms with van der Waals surface area (Å²) in [5.74, 6) is -4.13. The number of nitrogens with one attached hydrogen (secondary N) is 1. The molecule has 4 rings (SSSR count). The molecule has 218 valence electrons. The highest BCUT2D eigenvalue weighted by Crippen LogP contribution is 2.49. The van der Waals surface area contributed by atoms with Crippen LogP contribution in [0.5, 0.6) is 5.75 Å². The van der Waals surface area contributed by atoms with Crippen molar-refractivity contribution in [2.75, 3.05) is 0 Å². The summed E-state index contributed by atoms with van der Waals surface area (Å²) in [6.45, 7) is 5.84. The van der Waals surface area contributed by atoms with Gasteiger partial charge in [0.1, 0.15) is 6.04 Å². The molecule has 1 aliphatic carbocycles. The maximum Gasteiger partial charge on any atom is 0.573 e. The highest BCUT2D eigenvalue weighted by atomic mass is 19.4. The van der Waals surface area contributed by atoms with Gasteiger partial charge in [0.15, 0.2) is 11.6 Å². The number of likely N-dealkylation sites (tertiary alicyclic amines) is 1. The van der Waals surface area contributed by atoms with Crippen LogP contribution in [0.4, 0.5) is 17.6 Å². The van der Waals surface area contributed by atoms with Gasteiger partial charge in [-0.3, -0.25) is 4.79 Å². The molecule has 0 radical (unpaired) electrons. The van der Waals surface area contributed by atoms with Crippen molar-refractivity contribution in [1.82, 2.24) is 10.2 Å². The number of carboxylic acids is 1. The fraction of sp³-hybridized carbons (Fsp3) is 0.533. The normalized spacial score (nSPS) is 24.2. The molecule has 1 saturated heterocycles. The minimum atomic E-state index is -5.02. The van der Waals surface area contributed by atoms with Crippen LogP contribution in [-0.4, -0.2) is 40.3 Å². The summed E-state index contributed by atoms with van der Waals surface area (Å²) < 4.78 is 56.0. The molecule has 10 heteroatoms. The van der Waals surface area contributed by atoms with Crippen LogP contribution in [0.25, 0.3) is 0 Å². The second-order valence-corrected chi connectivity index (χ2v) is 11.8. The average Bonchev–Trinajstić information content (AvgIpc) is 3.25. The number of aliphatic carboxylic acids is 1. The van der Waals surface area contributed by atoms with Gasteiger partial charge >= 0.3 is 12.3 Å². The Morgan fingerprint density at radius 1 is 1.02 bits per heavy atom. The number of nitrogens with zero attached hydrogens (tertiary/aromatic N) is 1. The van der Waals surface area contributed by atoms with Crippen molar-refractivity contribution in [3.8, 4) is 5.75 Å². The van der Waals surface area contributed by atoms with E-state index in [0.717, 1.165) is 37.0 Å². The van der Waals surface area contributed by atoms with Gasteiger partial charge in [-0.1, -0.05) is 76.4 Å². The molecular weight excluding hydrogens is 528 g/mol. The van der Waals surface area contributed by atoms with Gasteiger partial charge in [0, 0.05) is 24.4 Å². The number of hydrogen-bond acceptors (Lipinski definition) is 4. The molecule has 1 amide bonds. The summed E-state index contributed by atoms with van der Waals surface area (Å²) in [7, 11) is 0. The number of carbonyl (C=O) groups excluding carboxylic acids is 1. The minimum absolute atomic E-state index is 0.0433. The van der Waals surface area contributed by atoms with Gasteiger partial charge in [-0.15, -0.1) is 13.2 Å². The standard InChI is InChI=1S/C30H36F4N2O4/c1-29(2,3)23-24(35-17-18-14-15-22(21(31)16-18)40-30(32,33)34)25(19-10-6-4-7-11-19)36(26(23)28(38)39)27(37)20-12-8-5-9-13-20/h4,6-7,10-11,14-16,20,23-26,35H,5,8-9,12-13,17H2,1-3H3,(H,38,39)/t23-,24-,25-,26-/m0/s1. The first kappa shape index (κ1) is 29.8. The van der Waals surface area contributed by atoms with Crippen LogP contribution in [0.1, 0.15) is 70.0 Å². The Hall–Kier alpha value is -3.14. The average molecular weight is 565 g/mol. The van der Waals surface area contributed by atoms with Crippen molar-refractivity contribution in [2.24, 2.45) is 17.3 Å². The zero-order valence-electron chi connectivity index (χ0n) is 22.9. The number of amides is 1. The van der Waals surface area contributed by atoms with E-state index in [1.54, 1.807) is 4.90 Å². The van der Waals surface area contributed by atoms with Crippen molar-refractivity contribution < 1.29 is 37.0 Å². The van der Waals surface area contributed by atoms with Crippen molar-refractivity contribution >= 4 is 11.9 Å². The Labute approximate surface area is 231 Å². The summed E-state index contributed by atoms with van der Waals surface area (Å²) in [5.41, 5.74) is 0.586. The van der Waals surface area contributed by atoms with Crippen molar-refractivity contribution in [1.29, 1.82) is 0 Å². The Morgan fingerprint density at radius 3 is 2.23 bits per heavy atom.